The largest absolute Gasteiger partial charge is 0.395 e. The van der Waals surface area contributed by atoms with Gasteiger partial charge in [0.1, 0.15) is 0 Å². The average molecular weight is 416 g/mol. The number of amides is 1. The summed E-state index contributed by atoms with van der Waals surface area (Å²) < 4.78 is 26.8. The second-order valence-corrected chi connectivity index (χ2v) is 9.39. The van der Waals surface area contributed by atoms with E-state index in [2.05, 4.69) is 10.2 Å². The van der Waals surface area contributed by atoms with Crippen LogP contribution in [0.15, 0.2) is 23.1 Å². The molecule has 0 atom stereocenters. The van der Waals surface area contributed by atoms with Crippen molar-refractivity contribution in [2.75, 3.05) is 38.1 Å². The first-order valence-corrected chi connectivity index (χ1v) is 11.2. The highest BCUT2D eigenvalue weighted by Gasteiger charge is 2.29. The lowest BCUT2D eigenvalue weighted by Crippen LogP contribution is -2.32. The number of aliphatic hydroxyl groups excluding tert-OH is 1. The number of carbonyl (C=O) groups excluding carboxylic acids is 1. The number of benzene rings is 1. The van der Waals surface area contributed by atoms with E-state index in [0.29, 0.717) is 42.9 Å². The monoisotopic (exact) mass is 415 g/mol. The zero-order chi connectivity index (χ0) is 19.4. The van der Waals surface area contributed by atoms with E-state index >= 15 is 0 Å². The number of halogens is 1. The van der Waals surface area contributed by atoms with E-state index in [4.69, 9.17) is 16.7 Å². The van der Waals surface area contributed by atoms with E-state index in [1.165, 1.54) is 22.5 Å². The van der Waals surface area contributed by atoms with E-state index in [1.807, 2.05) is 0 Å². The average Bonchev–Trinajstić information content (AvgIpc) is 3.32. The van der Waals surface area contributed by atoms with Gasteiger partial charge in [0.2, 0.25) is 15.9 Å². The van der Waals surface area contributed by atoms with Gasteiger partial charge in [-0.3, -0.25) is 9.69 Å². The lowest BCUT2D eigenvalue weighted by Gasteiger charge is -2.20. The number of sulfonamides is 1. The summed E-state index contributed by atoms with van der Waals surface area (Å²) in [7, 11) is -3.56. The zero-order valence-electron chi connectivity index (χ0n) is 15.2. The Bertz CT molecular complexity index is 777. The van der Waals surface area contributed by atoms with Crippen LogP contribution in [0.25, 0.3) is 0 Å². The maximum atomic E-state index is 12.7. The summed E-state index contributed by atoms with van der Waals surface area (Å²) in [6.07, 6.45) is 4.19. The number of aliphatic hydroxyl groups is 1. The maximum Gasteiger partial charge on any atom is 0.243 e. The minimum Gasteiger partial charge on any atom is -0.395 e. The number of hydrogen-bond donors (Lipinski definition) is 2. The maximum absolute atomic E-state index is 12.7. The predicted octanol–water partition coefficient (Wildman–Crippen LogP) is 1.91. The lowest BCUT2D eigenvalue weighted by molar-refractivity contribution is -0.116. The fraction of sp³-hybridized carbons (Fsp3) is 0.611. The Balaban J connectivity index is 1.64. The molecule has 9 heteroatoms. The number of rotatable bonds is 9. The number of nitrogens with one attached hydrogen (secondary N) is 1. The summed E-state index contributed by atoms with van der Waals surface area (Å²) in [5, 5.41) is 12.2. The van der Waals surface area contributed by atoms with Gasteiger partial charge < -0.3 is 10.4 Å². The first-order valence-electron chi connectivity index (χ1n) is 9.36. The topological polar surface area (TPSA) is 90.0 Å². The second-order valence-electron chi connectivity index (χ2n) is 7.04. The van der Waals surface area contributed by atoms with Crippen molar-refractivity contribution in [3.8, 4) is 0 Å². The van der Waals surface area contributed by atoms with Crippen molar-refractivity contribution in [3.63, 3.8) is 0 Å². The molecule has 2 fully saturated rings. The Morgan fingerprint density at radius 3 is 2.59 bits per heavy atom. The quantitative estimate of drug-likeness (QED) is 0.643. The van der Waals surface area contributed by atoms with Crippen molar-refractivity contribution >= 4 is 33.2 Å². The SMILES string of the molecule is O=C(CCN(CCO)C1CC1)Nc1cc(S(=O)(=O)N2CCCC2)ccc1Cl. The number of carbonyl (C=O) groups is 1. The van der Waals surface area contributed by atoms with Gasteiger partial charge in [-0.05, 0) is 43.9 Å². The van der Waals surface area contributed by atoms with Gasteiger partial charge in [-0.2, -0.15) is 4.31 Å². The van der Waals surface area contributed by atoms with Crippen LogP contribution >= 0.6 is 11.6 Å². The Labute approximate surface area is 165 Å². The molecule has 27 heavy (non-hydrogen) atoms. The molecule has 1 aliphatic carbocycles. The summed E-state index contributed by atoms with van der Waals surface area (Å²) in [5.74, 6) is -0.226. The molecule has 150 valence electrons. The third kappa shape index (κ3) is 5.20. The fourth-order valence-corrected chi connectivity index (χ4v) is 5.05. The molecule has 0 bridgehead atoms. The van der Waals surface area contributed by atoms with E-state index in [-0.39, 0.29) is 23.8 Å². The first kappa shape index (κ1) is 20.5. The molecule has 7 nitrogen and oxygen atoms in total. The predicted molar refractivity (Wildman–Crippen MR) is 104 cm³/mol. The van der Waals surface area contributed by atoms with Crippen LogP contribution in [0.1, 0.15) is 32.1 Å². The van der Waals surface area contributed by atoms with Crippen LogP contribution in [0, 0.1) is 0 Å². The summed E-state index contributed by atoms with van der Waals surface area (Å²) >= 11 is 6.16. The Morgan fingerprint density at radius 1 is 1.26 bits per heavy atom. The molecule has 0 radical (unpaired) electrons. The molecule has 2 aliphatic rings. The minimum atomic E-state index is -3.56. The normalized spacial score (nSPS) is 18.2. The summed E-state index contributed by atoms with van der Waals surface area (Å²) in [6, 6.07) is 4.87. The molecule has 3 rings (SSSR count). The van der Waals surface area contributed by atoms with Gasteiger partial charge in [0.05, 0.1) is 22.2 Å². The first-order chi connectivity index (χ1) is 12.9. The molecule has 1 aromatic carbocycles. The van der Waals surface area contributed by atoms with E-state index in [9.17, 15) is 13.2 Å². The van der Waals surface area contributed by atoms with Crippen LogP contribution in [0.2, 0.25) is 5.02 Å². The number of hydrogen-bond acceptors (Lipinski definition) is 5. The van der Waals surface area contributed by atoms with Crippen LogP contribution in [-0.4, -0.2) is 67.5 Å². The third-order valence-electron chi connectivity index (χ3n) is 4.99. The van der Waals surface area contributed by atoms with Gasteiger partial charge in [0.25, 0.3) is 0 Å². The van der Waals surface area contributed by atoms with Crippen molar-refractivity contribution in [1.82, 2.24) is 9.21 Å². The summed E-state index contributed by atoms with van der Waals surface area (Å²) in [6.45, 7) is 2.23. The fourth-order valence-electron chi connectivity index (χ4n) is 3.34. The second kappa shape index (κ2) is 8.87. The zero-order valence-corrected chi connectivity index (χ0v) is 16.8. The van der Waals surface area contributed by atoms with E-state index in [0.717, 1.165) is 25.7 Å². The molecule has 2 N–H and O–H groups in total. The van der Waals surface area contributed by atoms with Crippen LogP contribution in [-0.2, 0) is 14.8 Å². The molecule has 1 saturated heterocycles. The number of anilines is 1. The molecule has 1 aliphatic heterocycles. The molecule has 1 heterocycles. The van der Waals surface area contributed by atoms with Crippen molar-refractivity contribution in [1.29, 1.82) is 0 Å². The minimum absolute atomic E-state index is 0.0698. The van der Waals surface area contributed by atoms with Gasteiger partial charge in [0.15, 0.2) is 0 Å². The molecule has 1 aromatic rings. The highest BCUT2D eigenvalue weighted by atomic mass is 35.5. The number of nitrogens with zero attached hydrogens (tertiary/aromatic N) is 2. The van der Waals surface area contributed by atoms with Crippen LogP contribution < -0.4 is 5.32 Å². The smallest absolute Gasteiger partial charge is 0.243 e. The van der Waals surface area contributed by atoms with E-state index in [1.54, 1.807) is 0 Å². The molecular formula is C18H26ClN3O4S. The molecule has 0 spiro atoms. The Hall–Kier alpha value is -1.19. The molecular weight excluding hydrogens is 390 g/mol. The van der Waals surface area contributed by atoms with E-state index < -0.39 is 10.0 Å². The highest BCUT2D eigenvalue weighted by Crippen LogP contribution is 2.29. The van der Waals surface area contributed by atoms with Crippen molar-refractivity contribution < 1.29 is 18.3 Å². The summed E-state index contributed by atoms with van der Waals surface area (Å²) in [5.41, 5.74) is 0.307. The van der Waals surface area contributed by atoms with Gasteiger partial charge >= 0.3 is 0 Å². The van der Waals surface area contributed by atoms with Crippen molar-refractivity contribution in [2.45, 2.75) is 43.0 Å². The highest BCUT2D eigenvalue weighted by molar-refractivity contribution is 7.89. The van der Waals surface area contributed by atoms with Gasteiger partial charge in [-0.1, -0.05) is 11.6 Å². The molecule has 1 amide bonds. The van der Waals surface area contributed by atoms with Crippen molar-refractivity contribution in [2.24, 2.45) is 0 Å². The van der Waals surface area contributed by atoms with Crippen LogP contribution in [0.4, 0.5) is 5.69 Å². The van der Waals surface area contributed by atoms with Crippen molar-refractivity contribution in [3.05, 3.63) is 23.2 Å². The Kier molecular flexibility index (Phi) is 6.75. The Morgan fingerprint density at radius 2 is 1.96 bits per heavy atom. The molecule has 0 aromatic heterocycles. The lowest BCUT2D eigenvalue weighted by atomic mass is 10.3. The van der Waals surface area contributed by atoms with Gasteiger partial charge in [-0.15, -0.1) is 0 Å². The van der Waals surface area contributed by atoms with Crippen LogP contribution in [0.3, 0.4) is 0 Å². The third-order valence-corrected chi connectivity index (χ3v) is 7.22. The molecule has 0 unspecified atom stereocenters. The van der Waals surface area contributed by atoms with Crippen LogP contribution in [0.5, 0.6) is 0 Å². The summed E-state index contributed by atoms with van der Waals surface area (Å²) in [4.78, 5) is 14.6. The molecule has 1 saturated carbocycles. The van der Waals surface area contributed by atoms with Gasteiger partial charge in [-0.25, -0.2) is 8.42 Å². The standard InChI is InChI=1S/C18H26ClN3O4S/c19-16-6-5-15(27(25,26)22-8-1-2-9-22)13-17(16)20-18(24)7-10-21(11-12-23)14-3-4-14/h5-6,13-14,23H,1-4,7-12H2,(H,20,24). The van der Waals surface area contributed by atoms with Gasteiger partial charge in [0, 0.05) is 38.6 Å².